The van der Waals surface area contributed by atoms with Gasteiger partial charge in [-0.05, 0) is 25.8 Å². The van der Waals surface area contributed by atoms with E-state index in [2.05, 4.69) is 9.97 Å². The Bertz CT molecular complexity index is 880. The number of aliphatic carboxylic acids is 1. The van der Waals surface area contributed by atoms with Crippen LogP contribution in [0.4, 0.5) is 5.95 Å². The van der Waals surface area contributed by atoms with Crippen molar-refractivity contribution < 1.29 is 24.9 Å². The van der Waals surface area contributed by atoms with Gasteiger partial charge in [-0.1, -0.05) is 13.3 Å². The highest BCUT2D eigenvalue weighted by Gasteiger charge is 2.49. The van der Waals surface area contributed by atoms with Gasteiger partial charge in [0.15, 0.2) is 5.65 Å². The molecule has 0 bridgehead atoms. The number of aliphatic hydroxyl groups excluding tert-OH is 1. The van der Waals surface area contributed by atoms with Crippen LogP contribution in [0.3, 0.4) is 0 Å². The summed E-state index contributed by atoms with van der Waals surface area (Å²) in [6.45, 7) is 4.99. The number of aromatic carboxylic acids is 1. The van der Waals surface area contributed by atoms with Crippen LogP contribution in [0.5, 0.6) is 0 Å². The number of pyridine rings is 1. The van der Waals surface area contributed by atoms with Crippen molar-refractivity contribution in [1.82, 2.24) is 14.5 Å². The van der Waals surface area contributed by atoms with Gasteiger partial charge in [0, 0.05) is 25.8 Å². The van der Waals surface area contributed by atoms with Crippen molar-refractivity contribution in [3.8, 4) is 0 Å². The molecule has 0 amide bonds. The zero-order chi connectivity index (χ0) is 19.8. The second-order valence-electron chi connectivity index (χ2n) is 6.97. The molecule has 2 atom stereocenters. The lowest BCUT2D eigenvalue weighted by molar-refractivity contribution is -0.158. The maximum atomic E-state index is 12.0. The van der Waals surface area contributed by atoms with E-state index >= 15 is 0 Å². The molecule has 9 nitrogen and oxygen atoms in total. The highest BCUT2D eigenvalue weighted by molar-refractivity contribution is 5.91. The van der Waals surface area contributed by atoms with E-state index in [-0.39, 0.29) is 12.1 Å². The van der Waals surface area contributed by atoms with Crippen molar-refractivity contribution in [3.63, 3.8) is 0 Å². The fourth-order valence-corrected chi connectivity index (χ4v) is 3.91. The number of aryl methyl sites for hydroxylation is 1. The van der Waals surface area contributed by atoms with E-state index in [0.717, 1.165) is 0 Å². The van der Waals surface area contributed by atoms with E-state index in [1.165, 1.54) is 12.3 Å². The van der Waals surface area contributed by atoms with Crippen LogP contribution >= 0.6 is 0 Å². The second kappa shape index (κ2) is 7.15. The minimum absolute atomic E-state index is 0.0507. The lowest BCUT2D eigenvalue weighted by Gasteiger charge is -2.43. The number of carbonyl (C=O) groups is 2. The molecule has 146 valence electrons. The molecular weight excluding hydrogens is 352 g/mol. The maximum absolute atomic E-state index is 12.0. The van der Waals surface area contributed by atoms with E-state index in [1.807, 2.05) is 23.3 Å². The number of carboxylic acids is 2. The third-order valence-corrected chi connectivity index (χ3v) is 5.32. The molecule has 1 aliphatic rings. The number of hydrogen-bond acceptors (Lipinski definition) is 6. The van der Waals surface area contributed by atoms with Crippen molar-refractivity contribution >= 4 is 29.1 Å². The number of aliphatic hydroxyl groups is 1. The average Bonchev–Trinajstić information content (AvgIpc) is 3.01. The number of carboxylic acid groups (broad SMARTS) is 2. The first-order chi connectivity index (χ1) is 12.8. The maximum Gasteiger partial charge on any atom is 0.337 e. The third-order valence-electron chi connectivity index (χ3n) is 5.32. The summed E-state index contributed by atoms with van der Waals surface area (Å²) in [4.78, 5) is 33.9. The quantitative estimate of drug-likeness (QED) is 0.693. The van der Waals surface area contributed by atoms with Gasteiger partial charge >= 0.3 is 11.9 Å². The molecule has 3 heterocycles. The van der Waals surface area contributed by atoms with Crippen LogP contribution in [0.25, 0.3) is 11.2 Å². The van der Waals surface area contributed by atoms with Gasteiger partial charge < -0.3 is 20.2 Å². The van der Waals surface area contributed by atoms with Gasteiger partial charge in [0.2, 0.25) is 5.95 Å². The molecule has 27 heavy (non-hydrogen) atoms. The SMILES string of the molecule is CCC[C@@]1(C(=O)O)CN(c2nc3cc(C(=O)O)cnc3n2CC)CC[C@H]1O. The van der Waals surface area contributed by atoms with Crippen LogP contribution in [-0.2, 0) is 11.3 Å². The van der Waals surface area contributed by atoms with Gasteiger partial charge in [-0.15, -0.1) is 0 Å². The number of piperidine rings is 1. The number of anilines is 1. The summed E-state index contributed by atoms with van der Waals surface area (Å²) in [5, 5.41) is 29.4. The topological polar surface area (TPSA) is 129 Å². The minimum Gasteiger partial charge on any atom is -0.481 e. The van der Waals surface area contributed by atoms with Crippen molar-refractivity contribution in [1.29, 1.82) is 0 Å². The molecule has 2 aromatic heterocycles. The Balaban J connectivity index is 2.05. The van der Waals surface area contributed by atoms with Gasteiger partial charge in [0.05, 0.1) is 11.7 Å². The molecule has 3 N–H and O–H groups in total. The zero-order valence-corrected chi connectivity index (χ0v) is 15.4. The molecule has 0 radical (unpaired) electrons. The molecule has 0 saturated carbocycles. The van der Waals surface area contributed by atoms with Crippen LogP contribution in [0.2, 0.25) is 0 Å². The van der Waals surface area contributed by atoms with Gasteiger partial charge in [0.25, 0.3) is 0 Å². The molecule has 2 aromatic rings. The number of fused-ring (bicyclic) bond motifs is 1. The molecule has 1 fully saturated rings. The molecule has 3 rings (SSSR count). The fourth-order valence-electron chi connectivity index (χ4n) is 3.91. The highest BCUT2D eigenvalue weighted by Crippen LogP contribution is 2.37. The van der Waals surface area contributed by atoms with Crippen molar-refractivity contribution in [2.24, 2.45) is 5.41 Å². The molecular formula is C18H24N4O5. The Labute approximate surface area is 156 Å². The van der Waals surface area contributed by atoms with Gasteiger partial charge in [-0.2, -0.15) is 0 Å². The summed E-state index contributed by atoms with van der Waals surface area (Å²) >= 11 is 0. The number of aromatic nitrogens is 3. The van der Waals surface area contributed by atoms with Crippen LogP contribution in [0, 0.1) is 5.41 Å². The summed E-state index contributed by atoms with van der Waals surface area (Å²) in [5.74, 6) is -1.53. The largest absolute Gasteiger partial charge is 0.481 e. The van der Waals surface area contributed by atoms with E-state index < -0.39 is 23.5 Å². The molecule has 1 aliphatic heterocycles. The minimum atomic E-state index is -1.25. The molecule has 0 spiro atoms. The average molecular weight is 376 g/mol. The highest BCUT2D eigenvalue weighted by atomic mass is 16.4. The number of nitrogens with zero attached hydrogens (tertiary/aromatic N) is 4. The summed E-state index contributed by atoms with van der Waals surface area (Å²) in [5.41, 5.74) is -0.187. The molecule has 0 unspecified atom stereocenters. The van der Waals surface area contributed by atoms with E-state index in [4.69, 9.17) is 5.11 Å². The standard InChI is InChI=1S/C18H24N4O5/c1-3-6-18(16(26)27)10-21(7-5-13(18)23)17-20-12-8-11(15(24)25)9-19-14(12)22(17)4-2/h8-9,13,23H,3-7,10H2,1-2H3,(H,24,25)(H,26,27)/t13-,18-/m1/s1. The van der Waals surface area contributed by atoms with Gasteiger partial charge in [-0.3, -0.25) is 9.36 Å². The summed E-state index contributed by atoms with van der Waals surface area (Å²) in [6, 6.07) is 1.47. The predicted octanol–water partition coefficient (Wildman–Crippen LogP) is 1.59. The first-order valence-electron chi connectivity index (χ1n) is 9.10. The molecule has 9 heteroatoms. The third kappa shape index (κ3) is 3.12. The van der Waals surface area contributed by atoms with Crippen LogP contribution in [0.15, 0.2) is 12.3 Å². The molecule has 1 saturated heterocycles. The Kier molecular flexibility index (Phi) is 5.05. The number of imidazole rings is 1. The van der Waals surface area contributed by atoms with E-state index in [9.17, 15) is 19.8 Å². The van der Waals surface area contributed by atoms with E-state index in [1.54, 1.807) is 0 Å². The Morgan fingerprint density at radius 3 is 2.67 bits per heavy atom. The second-order valence-corrected chi connectivity index (χ2v) is 6.97. The van der Waals surface area contributed by atoms with Crippen molar-refractivity contribution in [3.05, 3.63) is 17.8 Å². The van der Waals surface area contributed by atoms with Crippen LogP contribution in [0.1, 0.15) is 43.5 Å². The first-order valence-corrected chi connectivity index (χ1v) is 9.10. The van der Waals surface area contributed by atoms with Crippen molar-refractivity contribution in [2.75, 3.05) is 18.0 Å². The predicted molar refractivity (Wildman–Crippen MR) is 98.0 cm³/mol. The monoisotopic (exact) mass is 376 g/mol. The molecule has 0 aromatic carbocycles. The van der Waals surface area contributed by atoms with Gasteiger partial charge in [-0.25, -0.2) is 14.8 Å². The Hall–Kier alpha value is -2.68. The smallest absolute Gasteiger partial charge is 0.337 e. The van der Waals surface area contributed by atoms with Gasteiger partial charge in [0.1, 0.15) is 10.9 Å². The number of rotatable bonds is 6. The fraction of sp³-hybridized carbons (Fsp3) is 0.556. The zero-order valence-electron chi connectivity index (χ0n) is 15.4. The number of hydrogen-bond donors (Lipinski definition) is 3. The van der Waals surface area contributed by atoms with E-state index in [0.29, 0.717) is 49.5 Å². The van der Waals surface area contributed by atoms with Crippen molar-refractivity contribution in [2.45, 2.75) is 45.8 Å². The van der Waals surface area contributed by atoms with Crippen LogP contribution in [-0.4, -0.2) is 61.0 Å². The Morgan fingerprint density at radius 2 is 2.07 bits per heavy atom. The summed E-state index contributed by atoms with van der Waals surface area (Å²) in [7, 11) is 0. The molecule has 0 aliphatic carbocycles. The summed E-state index contributed by atoms with van der Waals surface area (Å²) < 4.78 is 1.84. The first kappa shape index (κ1) is 19.1. The lowest BCUT2D eigenvalue weighted by Crippen LogP contribution is -2.56. The van der Waals surface area contributed by atoms with Crippen LogP contribution < -0.4 is 4.90 Å². The lowest BCUT2D eigenvalue weighted by atomic mass is 9.74. The Morgan fingerprint density at radius 1 is 1.33 bits per heavy atom. The summed E-state index contributed by atoms with van der Waals surface area (Å²) in [6.07, 6.45) is 1.72. The normalized spacial score (nSPS) is 22.9.